The molecule has 0 aromatic rings. The second-order valence-corrected chi connectivity index (χ2v) is 4.43. The number of rotatable bonds is 3. The Bertz CT molecular complexity index is 214. The number of hydrogen-bond acceptors (Lipinski definition) is 4. The van der Waals surface area contributed by atoms with Crippen LogP contribution in [0, 0.1) is 5.92 Å². The van der Waals surface area contributed by atoms with E-state index in [1.165, 1.54) is 0 Å². The van der Waals surface area contributed by atoms with E-state index < -0.39 is 0 Å². The molecule has 15 heavy (non-hydrogen) atoms. The molecule has 2 aliphatic rings. The highest BCUT2D eigenvalue weighted by atomic mass is 16.5. The lowest BCUT2D eigenvalue weighted by molar-refractivity contribution is 0.0153. The van der Waals surface area contributed by atoms with Crippen LogP contribution in [0.2, 0.25) is 0 Å². The zero-order chi connectivity index (χ0) is 10.5. The first kappa shape index (κ1) is 10.9. The summed E-state index contributed by atoms with van der Waals surface area (Å²) in [6, 6.07) is 0. The first-order valence-electron chi connectivity index (χ1n) is 5.77. The van der Waals surface area contributed by atoms with Crippen molar-refractivity contribution < 1.29 is 14.7 Å². The van der Waals surface area contributed by atoms with Gasteiger partial charge >= 0.3 is 0 Å². The Hall–Kier alpha value is -0.610. The van der Waals surface area contributed by atoms with E-state index in [1.807, 2.05) is 0 Å². The minimum Gasteiger partial charge on any atom is -0.411 e. The SMILES string of the molecule is ON=C1CCC(OCC2CCOC2)CC1. The summed E-state index contributed by atoms with van der Waals surface area (Å²) in [5.41, 5.74) is 0.916. The van der Waals surface area contributed by atoms with E-state index in [4.69, 9.17) is 14.7 Å². The number of oxime groups is 1. The Morgan fingerprint density at radius 2 is 2.13 bits per heavy atom. The quantitative estimate of drug-likeness (QED) is 0.574. The van der Waals surface area contributed by atoms with Crippen molar-refractivity contribution >= 4 is 5.71 Å². The fourth-order valence-electron chi connectivity index (χ4n) is 2.18. The Balaban J connectivity index is 1.63. The lowest BCUT2D eigenvalue weighted by Crippen LogP contribution is -2.24. The van der Waals surface area contributed by atoms with Gasteiger partial charge in [0.05, 0.1) is 25.0 Å². The molecule has 0 aromatic carbocycles. The normalized spacial score (nSPS) is 31.9. The fraction of sp³-hybridized carbons (Fsp3) is 0.909. The van der Waals surface area contributed by atoms with Gasteiger partial charge in [-0.3, -0.25) is 0 Å². The Kier molecular flexibility index (Phi) is 3.97. The largest absolute Gasteiger partial charge is 0.411 e. The molecule has 1 aliphatic heterocycles. The van der Waals surface area contributed by atoms with Crippen LogP contribution in [-0.4, -0.2) is 36.8 Å². The molecule has 4 heteroatoms. The summed E-state index contributed by atoms with van der Waals surface area (Å²) < 4.78 is 11.1. The standard InChI is InChI=1S/C11H19NO3/c13-12-10-1-3-11(4-2-10)15-8-9-5-6-14-7-9/h9,11,13H,1-8H2. The summed E-state index contributed by atoms with van der Waals surface area (Å²) in [6.45, 7) is 2.58. The average molecular weight is 213 g/mol. The van der Waals surface area contributed by atoms with E-state index in [9.17, 15) is 0 Å². The molecule has 0 aromatic heterocycles. The van der Waals surface area contributed by atoms with Crippen LogP contribution in [0.4, 0.5) is 0 Å². The van der Waals surface area contributed by atoms with Crippen LogP contribution in [0.5, 0.6) is 0 Å². The van der Waals surface area contributed by atoms with E-state index in [-0.39, 0.29) is 0 Å². The molecule has 0 spiro atoms. The van der Waals surface area contributed by atoms with Crippen LogP contribution in [-0.2, 0) is 9.47 Å². The van der Waals surface area contributed by atoms with Gasteiger partial charge in [-0.25, -0.2) is 0 Å². The molecular weight excluding hydrogens is 194 g/mol. The molecule has 1 N–H and O–H groups in total. The number of nitrogens with zero attached hydrogens (tertiary/aromatic N) is 1. The van der Waals surface area contributed by atoms with Gasteiger partial charge in [0.1, 0.15) is 0 Å². The van der Waals surface area contributed by atoms with Crippen molar-refractivity contribution in [2.75, 3.05) is 19.8 Å². The summed E-state index contributed by atoms with van der Waals surface area (Å²) in [6.07, 6.45) is 5.23. The van der Waals surface area contributed by atoms with Crippen molar-refractivity contribution in [1.82, 2.24) is 0 Å². The van der Waals surface area contributed by atoms with Crippen LogP contribution < -0.4 is 0 Å². The lowest BCUT2D eigenvalue weighted by Gasteiger charge is -2.23. The molecular formula is C11H19NO3. The van der Waals surface area contributed by atoms with E-state index in [1.54, 1.807) is 0 Å². The maximum Gasteiger partial charge on any atom is 0.0582 e. The van der Waals surface area contributed by atoms with E-state index in [2.05, 4.69) is 5.16 Å². The third-order valence-corrected chi connectivity index (χ3v) is 3.24. The van der Waals surface area contributed by atoms with Gasteiger partial charge in [-0.1, -0.05) is 5.16 Å². The van der Waals surface area contributed by atoms with Gasteiger partial charge in [0, 0.05) is 12.5 Å². The van der Waals surface area contributed by atoms with Crippen molar-refractivity contribution in [2.24, 2.45) is 11.1 Å². The Morgan fingerprint density at radius 3 is 2.73 bits per heavy atom. The lowest BCUT2D eigenvalue weighted by atomic mass is 9.96. The van der Waals surface area contributed by atoms with Crippen LogP contribution in [0.15, 0.2) is 5.16 Å². The molecule has 2 fully saturated rings. The molecule has 1 saturated carbocycles. The van der Waals surface area contributed by atoms with Gasteiger partial charge in [0.2, 0.25) is 0 Å². The third kappa shape index (κ3) is 3.18. The summed E-state index contributed by atoms with van der Waals surface area (Å²) in [4.78, 5) is 0. The zero-order valence-corrected chi connectivity index (χ0v) is 9.02. The fourth-order valence-corrected chi connectivity index (χ4v) is 2.18. The summed E-state index contributed by atoms with van der Waals surface area (Å²) >= 11 is 0. The molecule has 1 saturated heterocycles. The first-order valence-corrected chi connectivity index (χ1v) is 5.77. The van der Waals surface area contributed by atoms with Crippen molar-refractivity contribution in [2.45, 2.75) is 38.2 Å². The number of ether oxygens (including phenoxy) is 2. The van der Waals surface area contributed by atoms with Crippen molar-refractivity contribution in [3.05, 3.63) is 0 Å². The zero-order valence-electron chi connectivity index (χ0n) is 9.02. The minimum absolute atomic E-state index is 0.357. The highest BCUT2D eigenvalue weighted by Crippen LogP contribution is 2.21. The Morgan fingerprint density at radius 1 is 1.33 bits per heavy atom. The second kappa shape index (κ2) is 5.47. The first-order chi connectivity index (χ1) is 7.38. The van der Waals surface area contributed by atoms with E-state index in [0.29, 0.717) is 12.0 Å². The van der Waals surface area contributed by atoms with Crippen LogP contribution in [0.1, 0.15) is 32.1 Å². The molecule has 1 atom stereocenters. The van der Waals surface area contributed by atoms with Gasteiger partial charge in [-0.2, -0.15) is 0 Å². The van der Waals surface area contributed by atoms with Gasteiger partial charge in [-0.05, 0) is 32.1 Å². The van der Waals surface area contributed by atoms with Crippen molar-refractivity contribution in [3.63, 3.8) is 0 Å². The minimum atomic E-state index is 0.357. The summed E-state index contributed by atoms with van der Waals surface area (Å²) in [5, 5.41) is 11.9. The average Bonchev–Trinajstić information content (AvgIpc) is 2.80. The summed E-state index contributed by atoms with van der Waals surface area (Å²) in [7, 11) is 0. The number of hydrogen-bond donors (Lipinski definition) is 1. The van der Waals surface area contributed by atoms with Crippen molar-refractivity contribution in [1.29, 1.82) is 0 Å². The van der Waals surface area contributed by atoms with Crippen LogP contribution in [0.25, 0.3) is 0 Å². The highest BCUT2D eigenvalue weighted by molar-refractivity contribution is 5.84. The van der Waals surface area contributed by atoms with E-state index in [0.717, 1.165) is 57.6 Å². The van der Waals surface area contributed by atoms with Gasteiger partial charge in [0.25, 0.3) is 0 Å². The van der Waals surface area contributed by atoms with Gasteiger partial charge < -0.3 is 14.7 Å². The predicted molar refractivity (Wildman–Crippen MR) is 56.4 cm³/mol. The van der Waals surface area contributed by atoms with Crippen LogP contribution >= 0.6 is 0 Å². The molecule has 86 valence electrons. The van der Waals surface area contributed by atoms with Crippen molar-refractivity contribution in [3.8, 4) is 0 Å². The molecule has 2 rings (SSSR count). The highest BCUT2D eigenvalue weighted by Gasteiger charge is 2.21. The molecule has 0 bridgehead atoms. The van der Waals surface area contributed by atoms with Gasteiger partial charge in [0.15, 0.2) is 0 Å². The molecule has 0 amide bonds. The monoisotopic (exact) mass is 213 g/mol. The molecule has 1 aliphatic carbocycles. The summed E-state index contributed by atoms with van der Waals surface area (Å²) in [5.74, 6) is 0.595. The van der Waals surface area contributed by atoms with Crippen LogP contribution in [0.3, 0.4) is 0 Å². The van der Waals surface area contributed by atoms with E-state index >= 15 is 0 Å². The third-order valence-electron chi connectivity index (χ3n) is 3.24. The van der Waals surface area contributed by atoms with Gasteiger partial charge in [-0.15, -0.1) is 0 Å². The molecule has 4 nitrogen and oxygen atoms in total. The second-order valence-electron chi connectivity index (χ2n) is 4.43. The smallest absolute Gasteiger partial charge is 0.0582 e. The molecule has 0 radical (unpaired) electrons. The Labute approximate surface area is 90.2 Å². The topological polar surface area (TPSA) is 51.1 Å². The maximum absolute atomic E-state index is 8.61. The predicted octanol–water partition coefficient (Wildman–Crippen LogP) is 1.81. The maximum atomic E-state index is 8.61. The molecule has 1 unspecified atom stereocenters. The molecule has 1 heterocycles.